The van der Waals surface area contributed by atoms with Gasteiger partial charge in [0.05, 0.1) is 27.3 Å². The van der Waals surface area contributed by atoms with E-state index in [-0.39, 0.29) is 18.0 Å². The number of hydrogen-bond acceptors (Lipinski definition) is 3. The molecule has 0 saturated carbocycles. The van der Waals surface area contributed by atoms with Crippen LogP contribution in [-0.2, 0) is 11.3 Å². The minimum absolute atomic E-state index is 0.137. The standard InChI is InChI=1S/C21H19ClN4O2/c1-12-8-13(2)20(16(22)9-12)23-18(27)11-25-19-10-14(3)24-26(19)17-7-5-4-6-15(17)21(25)28/h4-10H,11H2,1-3H3,(H,23,27). The first kappa shape index (κ1) is 18.3. The maximum absolute atomic E-state index is 13.0. The van der Waals surface area contributed by atoms with Gasteiger partial charge in [0.15, 0.2) is 0 Å². The van der Waals surface area contributed by atoms with Crippen LogP contribution in [-0.4, -0.2) is 20.1 Å². The van der Waals surface area contributed by atoms with Gasteiger partial charge >= 0.3 is 0 Å². The Balaban J connectivity index is 1.78. The molecule has 7 heteroatoms. The highest BCUT2D eigenvalue weighted by molar-refractivity contribution is 6.34. The zero-order valence-corrected chi connectivity index (χ0v) is 16.5. The van der Waals surface area contributed by atoms with Crippen LogP contribution in [0.1, 0.15) is 16.8 Å². The van der Waals surface area contributed by atoms with Gasteiger partial charge in [0.2, 0.25) is 5.91 Å². The molecule has 4 rings (SSSR count). The second-order valence-corrected chi connectivity index (χ2v) is 7.36. The summed E-state index contributed by atoms with van der Waals surface area (Å²) in [5, 5.41) is 8.30. The summed E-state index contributed by atoms with van der Waals surface area (Å²) in [6.07, 6.45) is 0. The van der Waals surface area contributed by atoms with Crippen LogP contribution in [0.5, 0.6) is 0 Å². The Morgan fingerprint density at radius 2 is 1.89 bits per heavy atom. The normalized spacial score (nSPS) is 11.3. The van der Waals surface area contributed by atoms with Gasteiger partial charge in [0, 0.05) is 6.07 Å². The van der Waals surface area contributed by atoms with Gasteiger partial charge in [0.25, 0.3) is 5.56 Å². The van der Waals surface area contributed by atoms with E-state index >= 15 is 0 Å². The summed E-state index contributed by atoms with van der Waals surface area (Å²) >= 11 is 6.29. The molecule has 0 bridgehead atoms. The molecular formula is C21H19ClN4O2. The number of carbonyl (C=O) groups is 1. The summed E-state index contributed by atoms with van der Waals surface area (Å²) < 4.78 is 3.14. The third kappa shape index (κ3) is 3.05. The smallest absolute Gasteiger partial charge is 0.262 e. The number of amides is 1. The maximum atomic E-state index is 13.0. The molecule has 2 aromatic carbocycles. The number of carbonyl (C=O) groups excluding carboxylic acids is 1. The Labute approximate surface area is 166 Å². The van der Waals surface area contributed by atoms with Crippen molar-refractivity contribution in [3.63, 3.8) is 0 Å². The number of nitrogens with zero attached hydrogens (tertiary/aromatic N) is 3. The Hall–Kier alpha value is -3.12. The minimum atomic E-state index is -0.327. The van der Waals surface area contributed by atoms with Crippen molar-refractivity contribution in [2.45, 2.75) is 27.3 Å². The Morgan fingerprint density at radius 3 is 2.64 bits per heavy atom. The first-order valence-electron chi connectivity index (χ1n) is 8.89. The lowest BCUT2D eigenvalue weighted by Crippen LogP contribution is -2.29. The van der Waals surface area contributed by atoms with Crippen LogP contribution in [0.4, 0.5) is 5.69 Å². The molecule has 28 heavy (non-hydrogen) atoms. The van der Waals surface area contributed by atoms with Crippen molar-refractivity contribution < 1.29 is 4.79 Å². The highest BCUT2D eigenvalue weighted by Crippen LogP contribution is 2.27. The summed E-state index contributed by atoms with van der Waals surface area (Å²) in [5.41, 5.74) is 4.27. The fourth-order valence-corrected chi connectivity index (χ4v) is 3.86. The number of para-hydroxylation sites is 1. The van der Waals surface area contributed by atoms with Gasteiger partial charge in [-0.15, -0.1) is 0 Å². The number of aromatic nitrogens is 3. The molecule has 0 aliphatic carbocycles. The van der Waals surface area contributed by atoms with Gasteiger partial charge < -0.3 is 5.32 Å². The fraction of sp³-hybridized carbons (Fsp3) is 0.190. The molecule has 0 aliphatic rings. The van der Waals surface area contributed by atoms with E-state index in [0.717, 1.165) is 16.8 Å². The molecule has 6 nitrogen and oxygen atoms in total. The quantitative estimate of drug-likeness (QED) is 0.573. The number of nitrogens with one attached hydrogen (secondary N) is 1. The fourth-order valence-electron chi connectivity index (χ4n) is 3.49. The van der Waals surface area contributed by atoms with Crippen molar-refractivity contribution >= 4 is 39.7 Å². The van der Waals surface area contributed by atoms with Gasteiger partial charge in [-0.1, -0.05) is 29.8 Å². The molecule has 4 aromatic rings. The zero-order valence-electron chi connectivity index (χ0n) is 15.8. The lowest BCUT2D eigenvalue weighted by molar-refractivity contribution is -0.116. The average molecular weight is 395 g/mol. The Morgan fingerprint density at radius 1 is 1.14 bits per heavy atom. The largest absolute Gasteiger partial charge is 0.323 e. The van der Waals surface area contributed by atoms with Crippen LogP contribution in [0.15, 0.2) is 47.3 Å². The number of fused-ring (bicyclic) bond motifs is 3. The van der Waals surface area contributed by atoms with E-state index in [0.29, 0.717) is 27.3 Å². The van der Waals surface area contributed by atoms with Crippen LogP contribution >= 0.6 is 11.6 Å². The Bertz CT molecular complexity index is 1280. The van der Waals surface area contributed by atoms with Crippen molar-refractivity contribution in [3.05, 3.63) is 74.7 Å². The highest BCUT2D eigenvalue weighted by atomic mass is 35.5. The third-order valence-corrected chi connectivity index (χ3v) is 4.99. The molecule has 2 heterocycles. The van der Waals surface area contributed by atoms with Crippen LogP contribution in [0.2, 0.25) is 5.02 Å². The van der Waals surface area contributed by atoms with Crippen molar-refractivity contribution in [3.8, 4) is 0 Å². The molecule has 0 atom stereocenters. The molecule has 2 aromatic heterocycles. The predicted molar refractivity (Wildman–Crippen MR) is 111 cm³/mol. The van der Waals surface area contributed by atoms with E-state index in [1.165, 1.54) is 4.57 Å². The lowest BCUT2D eigenvalue weighted by atomic mass is 10.1. The summed E-state index contributed by atoms with van der Waals surface area (Å²) in [4.78, 5) is 25.8. The van der Waals surface area contributed by atoms with Gasteiger partial charge in [-0.3, -0.25) is 14.2 Å². The molecule has 0 radical (unpaired) electrons. The van der Waals surface area contributed by atoms with E-state index in [1.807, 2.05) is 39.0 Å². The second kappa shape index (κ2) is 6.80. The minimum Gasteiger partial charge on any atom is -0.323 e. The topological polar surface area (TPSA) is 68.4 Å². The number of halogens is 1. The lowest BCUT2D eigenvalue weighted by Gasteiger charge is -2.14. The molecule has 0 aliphatic heterocycles. The summed E-state index contributed by atoms with van der Waals surface area (Å²) in [6.45, 7) is 5.54. The van der Waals surface area contributed by atoms with E-state index in [4.69, 9.17) is 11.6 Å². The van der Waals surface area contributed by atoms with Gasteiger partial charge in [-0.25, -0.2) is 4.52 Å². The van der Waals surface area contributed by atoms with E-state index in [2.05, 4.69) is 10.4 Å². The number of rotatable bonds is 3. The number of benzene rings is 2. The van der Waals surface area contributed by atoms with Crippen molar-refractivity contribution in [1.82, 2.24) is 14.2 Å². The van der Waals surface area contributed by atoms with Gasteiger partial charge in [0.1, 0.15) is 12.2 Å². The van der Waals surface area contributed by atoms with Crippen molar-refractivity contribution in [1.29, 1.82) is 0 Å². The number of hydrogen-bond donors (Lipinski definition) is 1. The number of aryl methyl sites for hydroxylation is 3. The molecule has 0 saturated heterocycles. The Kier molecular flexibility index (Phi) is 4.43. The van der Waals surface area contributed by atoms with Crippen LogP contribution in [0, 0.1) is 20.8 Å². The van der Waals surface area contributed by atoms with Crippen molar-refractivity contribution in [2.24, 2.45) is 0 Å². The van der Waals surface area contributed by atoms with Gasteiger partial charge in [-0.05, 0) is 50.1 Å². The van der Waals surface area contributed by atoms with Crippen molar-refractivity contribution in [2.75, 3.05) is 5.32 Å². The molecule has 0 unspecified atom stereocenters. The van der Waals surface area contributed by atoms with E-state index in [9.17, 15) is 9.59 Å². The van der Waals surface area contributed by atoms with Crippen LogP contribution < -0.4 is 10.9 Å². The molecule has 1 amide bonds. The molecule has 0 fully saturated rings. The van der Waals surface area contributed by atoms with E-state index < -0.39 is 0 Å². The van der Waals surface area contributed by atoms with Gasteiger partial charge in [-0.2, -0.15) is 5.10 Å². The summed E-state index contributed by atoms with van der Waals surface area (Å²) in [7, 11) is 0. The van der Waals surface area contributed by atoms with Crippen LogP contribution in [0.25, 0.3) is 16.6 Å². The molecule has 1 N–H and O–H groups in total. The third-order valence-electron chi connectivity index (χ3n) is 4.69. The maximum Gasteiger partial charge on any atom is 0.262 e. The molecule has 0 spiro atoms. The summed E-state index contributed by atoms with van der Waals surface area (Å²) in [6, 6.07) is 12.8. The molecular weight excluding hydrogens is 376 g/mol. The van der Waals surface area contributed by atoms with E-state index in [1.54, 1.807) is 28.8 Å². The predicted octanol–water partition coefficient (Wildman–Crippen LogP) is 3.87. The second-order valence-electron chi connectivity index (χ2n) is 6.95. The SMILES string of the molecule is Cc1cc(C)c(NC(=O)Cn2c(=O)c3ccccc3n3nc(C)cc23)c(Cl)c1. The number of anilines is 1. The first-order valence-corrected chi connectivity index (χ1v) is 9.27. The highest BCUT2D eigenvalue weighted by Gasteiger charge is 2.16. The molecule has 142 valence electrons. The average Bonchev–Trinajstić information content (AvgIpc) is 3.03. The monoisotopic (exact) mass is 394 g/mol. The van der Waals surface area contributed by atoms with Crippen LogP contribution in [0.3, 0.4) is 0 Å². The zero-order chi connectivity index (χ0) is 20.0. The summed E-state index contributed by atoms with van der Waals surface area (Å²) in [5.74, 6) is -0.327. The first-order chi connectivity index (χ1) is 13.3.